The van der Waals surface area contributed by atoms with Crippen molar-refractivity contribution in [1.82, 2.24) is 9.88 Å². The molecule has 0 fully saturated rings. The lowest BCUT2D eigenvalue weighted by Gasteiger charge is -2.10. The zero-order valence-electron chi connectivity index (χ0n) is 13.2. The van der Waals surface area contributed by atoms with Crippen molar-refractivity contribution in [3.63, 3.8) is 0 Å². The average Bonchev–Trinajstić information content (AvgIpc) is 2.55. The molecule has 0 radical (unpaired) electrons. The van der Waals surface area contributed by atoms with Gasteiger partial charge >= 0.3 is 0 Å². The van der Waals surface area contributed by atoms with Crippen LogP contribution in [-0.2, 0) is 4.79 Å². The number of hydrogen-bond acceptors (Lipinski definition) is 4. The van der Waals surface area contributed by atoms with Crippen molar-refractivity contribution in [2.75, 3.05) is 31.3 Å². The second-order valence-corrected chi connectivity index (χ2v) is 5.22. The van der Waals surface area contributed by atoms with Crippen LogP contribution in [0.2, 0.25) is 0 Å². The zero-order valence-corrected chi connectivity index (χ0v) is 13.2. The first-order valence-corrected chi connectivity index (χ1v) is 7.33. The third-order valence-corrected chi connectivity index (χ3v) is 3.13. The molecule has 1 aromatic carbocycles. The van der Waals surface area contributed by atoms with Gasteiger partial charge in [-0.15, -0.1) is 0 Å². The summed E-state index contributed by atoms with van der Waals surface area (Å²) in [7, 11) is 3.39. The largest absolute Gasteiger partial charge is 0.370 e. The normalized spacial score (nSPS) is 10.0. The van der Waals surface area contributed by atoms with Crippen molar-refractivity contribution < 1.29 is 9.59 Å². The number of amides is 2. The molecule has 1 aromatic heterocycles. The number of benzene rings is 1. The van der Waals surface area contributed by atoms with Crippen LogP contribution in [0.5, 0.6) is 0 Å². The third-order valence-electron chi connectivity index (χ3n) is 3.13. The molecule has 0 bridgehead atoms. The molecule has 2 aromatic rings. The highest BCUT2D eigenvalue weighted by Crippen LogP contribution is 2.08. The van der Waals surface area contributed by atoms with Gasteiger partial charge in [-0.05, 0) is 24.3 Å². The van der Waals surface area contributed by atoms with Gasteiger partial charge in [0.05, 0.1) is 5.56 Å². The maximum Gasteiger partial charge on any atom is 0.254 e. The molecule has 23 heavy (non-hydrogen) atoms. The van der Waals surface area contributed by atoms with Crippen molar-refractivity contribution >= 4 is 23.3 Å². The van der Waals surface area contributed by atoms with E-state index < -0.39 is 0 Å². The van der Waals surface area contributed by atoms with Crippen molar-refractivity contribution in [3.8, 4) is 0 Å². The summed E-state index contributed by atoms with van der Waals surface area (Å²) in [6, 6.07) is 12.8. The molecule has 120 valence electrons. The predicted molar refractivity (Wildman–Crippen MR) is 90.4 cm³/mol. The highest BCUT2D eigenvalue weighted by atomic mass is 16.2. The molecular weight excluding hydrogens is 292 g/mol. The maximum absolute atomic E-state index is 11.8. The Morgan fingerprint density at radius 1 is 1.09 bits per heavy atom. The highest BCUT2D eigenvalue weighted by molar-refractivity contribution is 5.93. The molecule has 6 heteroatoms. The number of rotatable bonds is 6. The quantitative estimate of drug-likeness (QED) is 0.858. The summed E-state index contributed by atoms with van der Waals surface area (Å²) >= 11 is 0. The lowest BCUT2D eigenvalue weighted by atomic mass is 10.2. The minimum atomic E-state index is -0.0914. The van der Waals surface area contributed by atoms with Gasteiger partial charge in [-0.25, -0.2) is 4.98 Å². The van der Waals surface area contributed by atoms with Gasteiger partial charge in [0, 0.05) is 38.9 Å². The average molecular weight is 312 g/mol. The monoisotopic (exact) mass is 312 g/mol. The molecule has 0 spiro atoms. The summed E-state index contributed by atoms with van der Waals surface area (Å²) in [5.41, 5.74) is 1.31. The first-order valence-electron chi connectivity index (χ1n) is 7.33. The molecule has 1 heterocycles. The van der Waals surface area contributed by atoms with E-state index in [0.29, 0.717) is 24.3 Å². The zero-order chi connectivity index (χ0) is 16.7. The van der Waals surface area contributed by atoms with Gasteiger partial charge in [-0.3, -0.25) is 9.59 Å². The van der Waals surface area contributed by atoms with E-state index in [1.165, 1.54) is 11.1 Å². The molecule has 2 N–H and O–H groups in total. The van der Waals surface area contributed by atoms with E-state index in [1.807, 2.05) is 30.3 Å². The van der Waals surface area contributed by atoms with Crippen LogP contribution < -0.4 is 10.6 Å². The van der Waals surface area contributed by atoms with Crippen LogP contribution in [-0.4, -0.2) is 42.3 Å². The molecule has 0 aliphatic rings. The number of anilines is 2. The SMILES string of the molecule is CN(C)C(=O)c1ccc(NCCC(=O)Nc2ccccc2)nc1. The Hall–Kier alpha value is -2.89. The lowest BCUT2D eigenvalue weighted by molar-refractivity contribution is -0.115. The Kier molecular flexibility index (Phi) is 5.68. The van der Waals surface area contributed by atoms with E-state index in [2.05, 4.69) is 15.6 Å². The number of nitrogens with one attached hydrogen (secondary N) is 2. The third kappa shape index (κ3) is 5.10. The Labute approximate surface area is 135 Å². The van der Waals surface area contributed by atoms with Crippen LogP contribution in [0.25, 0.3) is 0 Å². The van der Waals surface area contributed by atoms with Crippen LogP contribution in [0.3, 0.4) is 0 Å². The number of carbonyl (C=O) groups excluding carboxylic acids is 2. The van der Waals surface area contributed by atoms with Crippen LogP contribution in [0.4, 0.5) is 11.5 Å². The summed E-state index contributed by atoms with van der Waals surface area (Å²) in [6.45, 7) is 0.465. The van der Waals surface area contributed by atoms with Gasteiger partial charge in [0.2, 0.25) is 5.91 Å². The fourth-order valence-corrected chi connectivity index (χ4v) is 1.93. The Bertz CT molecular complexity index is 654. The van der Waals surface area contributed by atoms with Crippen LogP contribution in [0.15, 0.2) is 48.7 Å². The topological polar surface area (TPSA) is 74.3 Å². The molecule has 0 aliphatic heterocycles. The van der Waals surface area contributed by atoms with Crippen LogP contribution in [0.1, 0.15) is 16.8 Å². The number of para-hydroxylation sites is 1. The van der Waals surface area contributed by atoms with Crippen LogP contribution >= 0.6 is 0 Å². The van der Waals surface area contributed by atoms with E-state index in [-0.39, 0.29) is 11.8 Å². The second kappa shape index (κ2) is 7.93. The molecule has 0 saturated carbocycles. The number of hydrogen-bond donors (Lipinski definition) is 2. The fourth-order valence-electron chi connectivity index (χ4n) is 1.93. The van der Waals surface area contributed by atoms with Gasteiger partial charge in [0.1, 0.15) is 5.82 Å². The lowest BCUT2D eigenvalue weighted by Crippen LogP contribution is -2.22. The summed E-state index contributed by atoms with van der Waals surface area (Å²) < 4.78 is 0. The number of pyridine rings is 1. The molecule has 0 aliphatic carbocycles. The van der Waals surface area contributed by atoms with Crippen molar-refractivity contribution in [2.24, 2.45) is 0 Å². The first-order chi connectivity index (χ1) is 11.1. The van der Waals surface area contributed by atoms with E-state index in [4.69, 9.17) is 0 Å². The first kappa shape index (κ1) is 16.5. The van der Waals surface area contributed by atoms with E-state index >= 15 is 0 Å². The van der Waals surface area contributed by atoms with Crippen molar-refractivity contribution in [3.05, 3.63) is 54.2 Å². The predicted octanol–water partition coefficient (Wildman–Crippen LogP) is 2.22. The minimum Gasteiger partial charge on any atom is -0.370 e. The van der Waals surface area contributed by atoms with E-state index in [9.17, 15) is 9.59 Å². The number of nitrogens with zero attached hydrogens (tertiary/aromatic N) is 2. The number of carbonyl (C=O) groups is 2. The molecule has 2 rings (SSSR count). The molecule has 2 amide bonds. The minimum absolute atomic E-state index is 0.0666. The fraction of sp³-hybridized carbons (Fsp3) is 0.235. The summed E-state index contributed by atoms with van der Waals surface area (Å²) in [6.07, 6.45) is 1.85. The Morgan fingerprint density at radius 2 is 1.83 bits per heavy atom. The van der Waals surface area contributed by atoms with E-state index in [1.54, 1.807) is 26.2 Å². The smallest absolute Gasteiger partial charge is 0.254 e. The van der Waals surface area contributed by atoms with Gasteiger partial charge in [0.15, 0.2) is 0 Å². The van der Waals surface area contributed by atoms with E-state index in [0.717, 1.165) is 5.69 Å². The number of aromatic nitrogens is 1. The molecule has 0 saturated heterocycles. The van der Waals surface area contributed by atoms with Crippen LogP contribution in [0, 0.1) is 0 Å². The van der Waals surface area contributed by atoms with Gasteiger partial charge in [0.25, 0.3) is 5.91 Å². The van der Waals surface area contributed by atoms with Crippen molar-refractivity contribution in [1.29, 1.82) is 0 Å². The van der Waals surface area contributed by atoms with Gasteiger partial charge in [-0.1, -0.05) is 18.2 Å². The maximum atomic E-state index is 11.8. The standard InChI is InChI=1S/C17H20N4O2/c1-21(2)17(23)13-8-9-15(19-12-13)18-11-10-16(22)20-14-6-4-3-5-7-14/h3-9,12H,10-11H2,1-2H3,(H,18,19)(H,20,22). The van der Waals surface area contributed by atoms with Gasteiger partial charge in [-0.2, -0.15) is 0 Å². The van der Waals surface area contributed by atoms with Gasteiger partial charge < -0.3 is 15.5 Å². The summed E-state index contributed by atoms with van der Waals surface area (Å²) in [5, 5.41) is 5.88. The molecule has 6 nitrogen and oxygen atoms in total. The second-order valence-electron chi connectivity index (χ2n) is 5.22. The molecule has 0 atom stereocenters. The summed E-state index contributed by atoms with van der Waals surface area (Å²) in [4.78, 5) is 29.2. The van der Waals surface area contributed by atoms with Crippen molar-refractivity contribution in [2.45, 2.75) is 6.42 Å². The summed E-state index contributed by atoms with van der Waals surface area (Å²) in [5.74, 6) is 0.474. The highest BCUT2D eigenvalue weighted by Gasteiger charge is 2.08. The Balaban J connectivity index is 1.78. The molecule has 0 unspecified atom stereocenters. The Morgan fingerprint density at radius 3 is 2.43 bits per heavy atom. The molecular formula is C17H20N4O2.